The number of benzene rings is 4. The number of hydrogen-bond donors (Lipinski definition) is 1. The zero-order valence-corrected chi connectivity index (χ0v) is 24.3. The van der Waals surface area contributed by atoms with Gasteiger partial charge in [0.25, 0.3) is 5.91 Å². The Morgan fingerprint density at radius 3 is 2.27 bits per heavy atom. The van der Waals surface area contributed by atoms with Gasteiger partial charge in [-0.3, -0.25) is 4.79 Å². The predicted molar refractivity (Wildman–Crippen MR) is 163 cm³/mol. The standard InChI is InChI=1S/C32H25Cl3N2O4/c1-2-39-31-16-21(7-14-30(31)41-20-23-8-9-25(33)17-29(23)35)15-24(18-36)32(38)37-26-10-12-27(13-11-26)40-19-22-5-3-4-6-28(22)34/h3-17H,2,19-20H2,1H3,(H,37,38)/b24-15+. The molecule has 0 fully saturated rings. The number of carbonyl (C=O) groups excluding carboxylic acids is 1. The van der Waals surface area contributed by atoms with Crippen LogP contribution in [0.4, 0.5) is 5.69 Å². The van der Waals surface area contributed by atoms with Gasteiger partial charge in [-0.2, -0.15) is 5.26 Å². The van der Waals surface area contributed by atoms with Gasteiger partial charge >= 0.3 is 0 Å². The molecule has 0 unspecified atom stereocenters. The maximum absolute atomic E-state index is 12.8. The summed E-state index contributed by atoms with van der Waals surface area (Å²) in [5.74, 6) is 1.03. The Morgan fingerprint density at radius 1 is 0.829 bits per heavy atom. The van der Waals surface area contributed by atoms with Crippen LogP contribution in [0.5, 0.6) is 17.2 Å². The molecular formula is C32H25Cl3N2O4. The molecule has 9 heteroatoms. The lowest BCUT2D eigenvalue weighted by Crippen LogP contribution is -2.13. The van der Waals surface area contributed by atoms with Gasteiger partial charge in [0.05, 0.1) is 6.61 Å². The van der Waals surface area contributed by atoms with Gasteiger partial charge in [-0.1, -0.05) is 65.1 Å². The van der Waals surface area contributed by atoms with E-state index in [1.54, 1.807) is 66.7 Å². The Balaban J connectivity index is 1.41. The fraction of sp³-hybridized carbons (Fsp3) is 0.125. The van der Waals surface area contributed by atoms with E-state index >= 15 is 0 Å². The highest BCUT2D eigenvalue weighted by Crippen LogP contribution is 2.31. The molecule has 4 aromatic rings. The third kappa shape index (κ3) is 8.42. The molecule has 1 amide bonds. The predicted octanol–water partition coefficient (Wildman–Crippen LogP) is 8.75. The van der Waals surface area contributed by atoms with Gasteiger partial charge in [0, 0.05) is 31.9 Å². The molecule has 0 spiro atoms. The van der Waals surface area contributed by atoms with E-state index in [0.717, 1.165) is 11.1 Å². The first-order valence-electron chi connectivity index (χ1n) is 12.6. The lowest BCUT2D eigenvalue weighted by molar-refractivity contribution is -0.112. The summed E-state index contributed by atoms with van der Waals surface area (Å²) in [4.78, 5) is 12.8. The number of nitriles is 1. The van der Waals surface area contributed by atoms with E-state index in [2.05, 4.69) is 5.32 Å². The van der Waals surface area contributed by atoms with Gasteiger partial charge in [-0.25, -0.2) is 0 Å². The molecule has 41 heavy (non-hydrogen) atoms. The van der Waals surface area contributed by atoms with Crippen molar-refractivity contribution in [3.05, 3.63) is 122 Å². The number of hydrogen-bond acceptors (Lipinski definition) is 5. The normalized spacial score (nSPS) is 11.0. The lowest BCUT2D eigenvalue weighted by Gasteiger charge is -2.13. The first-order valence-corrected chi connectivity index (χ1v) is 13.7. The summed E-state index contributed by atoms with van der Waals surface area (Å²) in [7, 11) is 0. The van der Waals surface area contributed by atoms with Crippen molar-refractivity contribution in [3.63, 3.8) is 0 Å². The number of halogens is 3. The summed E-state index contributed by atoms with van der Waals surface area (Å²) < 4.78 is 17.5. The zero-order chi connectivity index (χ0) is 29.2. The first kappa shape index (κ1) is 29.8. The van der Waals surface area contributed by atoms with Crippen LogP contribution in [0.2, 0.25) is 15.1 Å². The molecule has 6 nitrogen and oxygen atoms in total. The summed E-state index contributed by atoms with van der Waals surface area (Å²) in [5, 5.41) is 14.1. The van der Waals surface area contributed by atoms with Crippen LogP contribution in [0.15, 0.2) is 90.5 Å². The summed E-state index contributed by atoms with van der Waals surface area (Å²) >= 11 is 18.4. The van der Waals surface area contributed by atoms with Crippen molar-refractivity contribution in [1.82, 2.24) is 0 Å². The molecule has 0 radical (unpaired) electrons. The second-order valence-electron chi connectivity index (χ2n) is 8.69. The van der Waals surface area contributed by atoms with E-state index in [4.69, 9.17) is 49.0 Å². The Morgan fingerprint density at radius 2 is 1.56 bits per heavy atom. The maximum Gasteiger partial charge on any atom is 0.266 e. The molecule has 0 heterocycles. The fourth-order valence-electron chi connectivity index (χ4n) is 3.72. The van der Waals surface area contributed by atoms with Crippen molar-refractivity contribution in [2.24, 2.45) is 0 Å². The van der Waals surface area contributed by atoms with Crippen molar-refractivity contribution in [2.45, 2.75) is 20.1 Å². The third-order valence-electron chi connectivity index (χ3n) is 5.81. The highest BCUT2D eigenvalue weighted by molar-refractivity contribution is 6.35. The maximum atomic E-state index is 12.8. The number of rotatable bonds is 11. The van der Waals surface area contributed by atoms with Crippen LogP contribution in [-0.2, 0) is 18.0 Å². The largest absolute Gasteiger partial charge is 0.490 e. The molecule has 0 aliphatic heterocycles. The molecule has 0 saturated heterocycles. The first-order chi connectivity index (χ1) is 19.9. The number of anilines is 1. The molecular weight excluding hydrogens is 583 g/mol. The number of ether oxygens (including phenoxy) is 3. The van der Waals surface area contributed by atoms with Crippen LogP contribution >= 0.6 is 34.8 Å². The van der Waals surface area contributed by atoms with Crippen LogP contribution in [-0.4, -0.2) is 12.5 Å². The van der Waals surface area contributed by atoms with E-state index in [-0.39, 0.29) is 12.2 Å². The molecule has 208 valence electrons. The van der Waals surface area contributed by atoms with E-state index < -0.39 is 5.91 Å². The van der Waals surface area contributed by atoms with Crippen LogP contribution in [0.25, 0.3) is 6.08 Å². The molecule has 1 N–H and O–H groups in total. The minimum Gasteiger partial charge on any atom is -0.490 e. The van der Waals surface area contributed by atoms with Crippen molar-refractivity contribution < 1.29 is 19.0 Å². The zero-order valence-electron chi connectivity index (χ0n) is 22.0. The molecule has 0 atom stereocenters. The van der Waals surface area contributed by atoms with Gasteiger partial charge in [-0.05, 0) is 73.2 Å². The van der Waals surface area contributed by atoms with Crippen molar-refractivity contribution in [2.75, 3.05) is 11.9 Å². The second-order valence-corrected chi connectivity index (χ2v) is 9.94. The Hall–Kier alpha value is -4.15. The molecule has 4 rings (SSSR count). The highest BCUT2D eigenvalue weighted by Gasteiger charge is 2.13. The van der Waals surface area contributed by atoms with Crippen LogP contribution in [0, 0.1) is 11.3 Å². The van der Waals surface area contributed by atoms with Crippen molar-refractivity contribution in [1.29, 1.82) is 5.26 Å². The Bertz CT molecular complexity index is 1600. The molecule has 0 aliphatic carbocycles. The summed E-state index contributed by atoms with van der Waals surface area (Å²) in [6.45, 7) is 2.77. The van der Waals surface area contributed by atoms with Gasteiger partial charge in [-0.15, -0.1) is 0 Å². The molecule has 0 bridgehead atoms. The van der Waals surface area contributed by atoms with E-state index in [1.807, 2.05) is 31.2 Å². The average Bonchev–Trinajstić information content (AvgIpc) is 2.96. The van der Waals surface area contributed by atoms with Crippen molar-refractivity contribution in [3.8, 4) is 23.3 Å². The number of nitrogens with one attached hydrogen (secondary N) is 1. The summed E-state index contributed by atoms with van der Waals surface area (Å²) in [5.41, 5.74) is 2.67. The van der Waals surface area contributed by atoms with E-state index in [9.17, 15) is 10.1 Å². The van der Waals surface area contributed by atoms with E-state index in [0.29, 0.717) is 56.8 Å². The van der Waals surface area contributed by atoms with Gasteiger partial charge in [0.15, 0.2) is 11.5 Å². The number of amides is 1. The van der Waals surface area contributed by atoms with Crippen LogP contribution < -0.4 is 19.5 Å². The number of nitrogens with zero attached hydrogens (tertiary/aromatic N) is 1. The molecule has 0 aromatic heterocycles. The SMILES string of the molecule is CCOc1cc(/C=C(\C#N)C(=O)Nc2ccc(OCc3ccccc3Cl)cc2)ccc1OCc1ccc(Cl)cc1Cl. The average molecular weight is 608 g/mol. The van der Waals surface area contributed by atoms with Gasteiger partial charge in [0.2, 0.25) is 0 Å². The number of carbonyl (C=O) groups is 1. The molecule has 0 aliphatic rings. The minimum absolute atomic E-state index is 0.0758. The topological polar surface area (TPSA) is 80.6 Å². The molecule has 4 aromatic carbocycles. The summed E-state index contributed by atoms with van der Waals surface area (Å²) in [6.07, 6.45) is 1.48. The van der Waals surface area contributed by atoms with Crippen LogP contribution in [0.3, 0.4) is 0 Å². The monoisotopic (exact) mass is 606 g/mol. The smallest absolute Gasteiger partial charge is 0.266 e. The van der Waals surface area contributed by atoms with Gasteiger partial charge < -0.3 is 19.5 Å². The minimum atomic E-state index is -0.548. The summed E-state index contributed by atoms with van der Waals surface area (Å²) in [6, 6.07) is 26.6. The van der Waals surface area contributed by atoms with Crippen molar-refractivity contribution >= 4 is 52.5 Å². The quantitative estimate of drug-likeness (QED) is 0.136. The van der Waals surface area contributed by atoms with Gasteiger partial charge in [0.1, 0.15) is 30.6 Å². The highest BCUT2D eigenvalue weighted by atomic mass is 35.5. The molecule has 0 saturated carbocycles. The van der Waals surface area contributed by atoms with E-state index in [1.165, 1.54) is 6.08 Å². The Kier molecular flexibility index (Phi) is 10.5. The second kappa shape index (κ2) is 14.5. The fourth-order valence-corrected chi connectivity index (χ4v) is 4.37. The third-order valence-corrected chi connectivity index (χ3v) is 6.76. The Labute approximate surface area is 253 Å². The lowest BCUT2D eigenvalue weighted by atomic mass is 10.1. The van der Waals surface area contributed by atoms with Crippen LogP contribution in [0.1, 0.15) is 23.6 Å².